The third-order valence-electron chi connectivity index (χ3n) is 13.5. The fraction of sp³-hybridized carbons (Fsp3) is 0.108. The van der Waals surface area contributed by atoms with Gasteiger partial charge in [0.1, 0.15) is 0 Å². The summed E-state index contributed by atoms with van der Waals surface area (Å²) in [7, 11) is 0. The molecule has 12 heteroatoms. The van der Waals surface area contributed by atoms with Crippen molar-refractivity contribution in [1.82, 2.24) is 0 Å². The van der Waals surface area contributed by atoms with Gasteiger partial charge in [0.15, 0.2) is 0 Å². The Hall–Kier alpha value is -10.7. The monoisotopic (exact) mass is 2820 g/mol. The Balaban J connectivity index is 0.000000542. The van der Waals surface area contributed by atoms with Crippen molar-refractivity contribution in [3.8, 4) is 11.1 Å². The van der Waals surface area contributed by atoms with Crippen molar-refractivity contribution in [3.63, 3.8) is 0 Å². The molecule has 0 bridgehead atoms. The molecule has 0 heterocycles. The average molecular weight is 2820 g/mol. The van der Waals surface area contributed by atoms with Gasteiger partial charge in [-0.05, 0) is 136 Å². The molecule has 4 radical (unpaired) electrons. The van der Waals surface area contributed by atoms with E-state index in [1.54, 1.807) is 0 Å². The van der Waals surface area contributed by atoms with Crippen LogP contribution in [-0.4, -0.2) is 0 Å². The predicted octanol–water partition coefficient (Wildman–Crippen LogP) is 19.8. The standard InChI is InChI=1S/C40H32N2.C34H28N2.4Re.4Rf/c1-29-5-17-35(18-6-29)41(36-19-7-30(2)8-20-36)39-25-13-33(14-26-39)34-15-27-40(28-16-34)42(37-21-9-31(3)10-22-37)38-23-11-32(4)12-24-38;1-25-5-13-29(14-6-25)35(30-15-7-26(2)8-16-30)33-21-23-34(24-22-33)36(31-17-9-27(3)10-18-31)32-19-11-28(4)12-20-32;;;;;;;;/h5-18,21-22,25-28H,1-4H3;5-14,17-18,21-24H,1-4H3;;;;;;;;/q2*-4;;;;;;;;. The van der Waals surface area contributed by atoms with Crippen LogP contribution in [0.3, 0.4) is 0 Å². The zero-order chi connectivity index (χ0) is 54.1. The molecular weight excluding hydrogens is 2760 g/mol. The van der Waals surface area contributed by atoms with Gasteiger partial charge in [0.2, 0.25) is 0 Å². The van der Waals surface area contributed by atoms with Gasteiger partial charge in [-0.25, -0.2) is 0 Å². The van der Waals surface area contributed by atoms with Crippen LogP contribution in [0.2, 0.25) is 0 Å². The second kappa shape index (κ2) is 32.2. The number of hydrogen-bond acceptors (Lipinski definition) is 4. The molecule has 0 saturated carbocycles. The van der Waals surface area contributed by atoms with Crippen molar-refractivity contribution < 1.29 is 81.7 Å². The van der Waals surface area contributed by atoms with E-state index >= 15 is 0 Å². The maximum atomic E-state index is 3.41. The third-order valence-corrected chi connectivity index (χ3v) is 13.5. The van der Waals surface area contributed by atoms with Crippen molar-refractivity contribution in [1.29, 1.82) is 0 Å². The van der Waals surface area contributed by atoms with Gasteiger partial charge in [-0.2, -0.15) is 22.7 Å². The van der Waals surface area contributed by atoms with Gasteiger partial charge >= 0.3 is 0 Å². The number of benzene rings is 11. The van der Waals surface area contributed by atoms with Crippen LogP contribution in [0.5, 0.6) is 0 Å². The van der Waals surface area contributed by atoms with Crippen LogP contribution in [0, 0.1) is 104 Å². The van der Waals surface area contributed by atoms with E-state index in [-0.39, 0.29) is 81.7 Å². The maximum absolute atomic E-state index is 3.41. The van der Waals surface area contributed by atoms with Crippen molar-refractivity contribution in [2.45, 2.75) is 55.4 Å². The number of aryl methyl sites for hydroxylation is 8. The predicted molar refractivity (Wildman–Crippen MR) is 326 cm³/mol. The summed E-state index contributed by atoms with van der Waals surface area (Å²) in [6.45, 7) is 16.7. The van der Waals surface area contributed by atoms with E-state index < -0.39 is 0 Å². The first kappa shape index (κ1) is 71.4. The number of anilines is 12. The number of rotatable bonds is 13. The van der Waals surface area contributed by atoms with Crippen LogP contribution in [0.15, 0.2) is 218 Å². The summed E-state index contributed by atoms with van der Waals surface area (Å²) in [5, 5.41) is 0. The molecule has 0 fully saturated rings. The van der Waals surface area contributed by atoms with Crippen LogP contribution in [-0.2, 0) is 81.7 Å². The minimum absolute atomic E-state index is 0. The Morgan fingerprint density at radius 2 is 0.314 bits per heavy atom. The molecule has 11 aromatic rings. The Morgan fingerprint density at radius 1 is 0.186 bits per heavy atom. The summed E-state index contributed by atoms with van der Waals surface area (Å²) >= 11 is 0. The molecule has 11 rings (SSSR count). The molecule has 0 spiro atoms. The Kier molecular flexibility index (Phi) is 26.7. The molecule has 0 N–H and O–H groups in total. The van der Waals surface area contributed by atoms with Crippen LogP contribution >= 0.6 is 0 Å². The minimum atomic E-state index is 0. The van der Waals surface area contributed by atoms with Crippen LogP contribution in [0.4, 0.5) is 68.2 Å². The zero-order valence-corrected chi connectivity index (χ0v) is 86.4. The van der Waals surface area contributed by atoms with E-state index in [1.807, 2.05) is 48.5 Å². The first-order chi connectivity index (χ1) is 37.9. The normalized spacial score (nSPS) is 9.81. The van der Waals surface area contributed by atoms with E-state index in [4.69, 9.17) is 0 Å². The molecule has 0 aromatic heterocycles. The van der Waals surface area contributed by atoms with Crippen molar-refractivity contribution in [2.24, 2.45) is 0 Å². The van der Waals surface area contributed by atoms with Gasteiger partial charge in [0.25, 0.3) is 0 Å². The largest absolute Gasteiger partial charge is 0.358 e. The summed E-state index contributed by atoms with van der Waals surface area (Å²) in [5.74, 6) is 0. The molecule has 86 heavy (non-hydrogen) atoms. The fourth-order valence-corrected chi connectivity index (χ4v) is 9.07. The van der Waals surface area contributed by atoms with Crippen molar-refractivity contribution >= 4 is 68.2 Å². The summed E-state index contributed by atoms with van der Waals surface area (Å²) in [6.07, 6.45) is 0. The van der Waals surface area contributed by atoms with E-state index in [1.165, 1.54) is 22.3 Å². The Bertz CT molecular complexity index is 3280. The molecule has 0 aliphatic carbocycles. The average Bonchev–Trinajstić information content (AvgIpc) is 3.67. The molecular formula is C74H60N4Re4Rf4-8. The number of nitrogens with zero attached hydrogens (tertiary/aromatic N) is 4. The van der Waals surface area contributed by atoms with Crippen LogP contribution in [0.25, 0.3) is 11.1 Å². The van der Waals surface area contributed by atoms with Crippen LogP contribution < -0.4 is 19.6 Å². The molecule has 4 nitrogen and oxygen atoms in total. The minimum Gasteiger partial charge on any atom is -0.358 e. The topological polar surface area (TPSA) is 13.0 Å². The van der Waals surface area contributed by atoms with Gasteiger partial charge in [-0.15, -0.1) is 27.7 Å². The van der Waals surface area contributed by atoms with Gasteiger partial charge in [0.05, 0.1) is 0 Å². The fourth-order valence-electron chi connectivity index (χ4n) is 9.07. The number of hydrogen-bond donors (Lipinski definition) is 0. The van der Waals surface area contributed by atoms with Crippen molar-refractivity contribution in [3.05, 3.63) is 311 Å². The quantitative estimate of drug-likeness (QED) is 0.107. The van der Waals surface area contributed by atoms with Crippen LogP contribution in [0.1, 0.15) is 44.5 Å². The first-order valence-electron chi connectivity index (χ1n) is 26.3. The summed E-state index contributed by atoms with van der Waals surface area (Å²) in [5.41, 5.74) is 23.8. The summed E-state index contributed by atoms with van der Waals surface area (Å²) in [4.78, 5) is 8.76. The first-order valence-corrected chi connectivity index (χ1v) is 26.3. The van der Waals surface area contributed by atoms with E-state index in [9.17, 15) is 0 Å². The van der Waals surface area contributed by atoms with Crippen molar-refractivity contribution in [2.75, 3.05) is 19.6 Å². The second-order valence-electron chi connectivity index (χ2n) is 20.0. The molecule has 0 aliphatic heterocycles. The van der Waals surface area contributed by atoms with Gasteiger partial charge in [-0.3, -0.25) is 70.8 Å². The molecule has 0 amide bonds. The molecule has 0 atom stereocenters. The molecule has 0 saturated heterocycles. The maximum Gasteiger partial charge on any atom is 0.0421 e. The summed E-state index contributed by atoms with van der Waals surface area (Å²) in [6, 6.07) is 103. The molecule has 420 valence electrons. The van der Waals surface area contributed by atoms with E-state index in [2.05, 4.69) is 293 Å². The van der Waals surface area contributed by atoms with E-state index in [0.29, 0.717) is 0 Å². The van der Waals surface area contributed by atoms with Gasteiger partial charge < -0.3 is 68.1 Å². The Labute approximate surface area is 542 Å². The molecule has 11 aromatic carbocycles. The Morgan fingerprint density at radius 3 is 0.465 bits per heavy atom. The molecule has 0 unspecified atom stereocenters. The van der Waals surface area contributed by atoms with Gasteiger partial charge in [0, 0.05) is 127 Å². The van der Waals surface area contributed by atoms with E-state index in [0.717, 1.165) is 102 Å². The third kappa shape index (κ3) is 16.7. The smallest absolute Gasteiger partial charge is 0.0421 e. The second-order valence-corrected chi connectivity index (χ2v) is 20.0. The molecule has 0 aliphatic rings. The SMILES string of the molecule is Cc1c[c-]c(N(c2ccc(C)cc2)c2ccc(-c3ccc(N(c4[c-]cc(C)c[c-]4)c4ccc(C)cc4)cc3)cc2)[c-]c1.Cc1c[c-]c(N(c2ccc(C)cc2)c2ccc(N(c3[c-]cc(C)c[c-]3)c3ccc(C)cc3)cc2)[c-]c1.[Re].[Re].[Re].[Re].[Rf].[Rf].[Rf].[Rf]. The van der Waals surface area contributed by atoms with Gasteiger partial charge in [-0.1, -0.05) is 95.1 Å². The zero-order valence-electron chi connectivity index (χ0n) is 49.9. The summed E-state index contributed by atoms with van der Waals surface area (Å²) < 4.78 is 0.